The number of hydrogen-bond donors (Lipinski definition) is 2. The lowest BCUT2D eigenvalue weighted by molar-refractivity contribution is 0.310. The van der Waals surface area contributed by atoms with Crippen molar-refractivity contribution in [2.45, 2.75) is 51.5 Å². The summed E-state index contributed by atoms with van der Waals surface area (Å²) < 4.78 is 0. The number of benzene rings is 1. The highest BCUT2D eigenvalue weighted by atomic mass is 15.1. The van der Waals surface area contributed by atoms with Gasteiger partial charge in [-0.15, -0.1) is 0 Å². The van der Waals surface area contributed by atoms with Crippen molar-refractivity contribution >= 4 is 11.6 Å². The van der Waals surface area contributed by atoms with Gasteiger partial charge in [0.15, 0.2) is 5.96 Å². The smallest absolute Gasteiger partial charge is 0.193 e. The second-order valence-corrected chi connectivity index (χ2v) is 5.47. The molecule has 1 saturated carbocycles. The van der Waals surface area contributed by atoms with E-state index in [0.717, 1.165) is 11.6 Å². The van der Waals surface area contributed by atoms with Gasteiger partial charge in [0, 0.05) is 5.69 Å². The molecule has 0 heterocycles. The molecule has 3 nitrogen and oxygen atoms in total. The number of nitrogens with zero attached hydrogens (tertiary/aromatic N) is 1. The van der Waals surface area contributed by atoms with E-state index >= 15 is 0 Å². The van der Waals surface area contributed by atoms with Crippen molar-refractivity contribution in [3.05, 3.63) is 30.3 Å². The molecule has 0 unspecified atom stereocenters. The van der Waals surface area contributed by atoms with Crippen molar-refractivity contribution in [2.75, 3.05) is 5.32 Å². The Morgan fingerprint density at radius 2 is 1.89 bits per heavy atom. The van der Waals surface area contributed by atoms with Crippen LogP contribution in [-0.2, 0) is 0 Å². The fraction of sp³-hybridized carbons (Fsp3) is 0.562. The summed E-state index contributed by atoms with van der Waals surface area (Å²) in [7, 11) is 0. The van der Waals surface area contributed by atoms with Crippen LogP contribution in [0.15, 0.2) is 35.3 Å². The van der Waals surface area contributed by atoms with Crippen LogP contribution in [0.3, 0.4) is 0 Å². The fourth-order valence-corrected chi connectivity index (χ4v) is 2.87. The van der Waals surface area contributed by atoms with Gasteiger partial charge in [-0.05, 0) is 43.7 Å². The van der Waals surface area contributed by atoms with E-state index in [1.54, 1.807) is 0 Å². The number of aliphatic imine (C=N–C) groups is 1. The number of rotatable bonds is 4. The second-order valence-electron chi connectivity index (χ2n) is 5.47. The predicted octanol–water partition coefficient (Wildman–Crippen LogP) is 3.77. The monoisotopic (exact) mass is 259 g/mol. The molecule has 0 spiro atoms. The molecule has 104 valence electrons. The van der Waals surface area contributed by atoms with Crippen molar-refractivity contribution < 1.29 is 0 Å². The molecule has 0 aliphatic heterocycles. The zero-order chi connectivity index (χ0) is 13.5. The molecule has 1 aromatic rings. The normalized spacial score (nSPS) is 24.2. The summed E-state index contributed by atoms with van der Waals surface area (Å²) in [5.74, 6) is 1.46. The summed E-state index contributed by atoms with van der Waals surface area (Å²) in [4.78, 5) is 4.61. The summed E-state index contributed by atoms with van der Waals surface area (Å²) >= 11 is 0. The molecule has 0 saturated heterocycles. The van der Waals surface area contributed by atoms with Crippen LogP contribution in [0.4, 0.5) is 5.69 Å². The lowest BCUT2D eigenvalue weighted by Crippen LogP contribution is -2.27. The van der Waals surface area contributed by atoms with Crippen LogP contribution >= 0.6 is 0 Å². The average molecular weight is 259 g/mol. The average Bonchev–Trinajstić information content (AvgIpc) is 2.42. The van der Waals surface area contributed by atoms with Gasteiger partial charge in [0.05, 0.1) is 6.04 Å². The van der Waals surface area contributed by atoms with Crippen LogP contribution in [0.2, 0.25) is 0 Å². The number of guanidine groups is 1. The molecule has 0 atom stereocenters. The first kappa shape index (κ1) is 13.9. The van der Waals surface area contributed by atoms with Gasteiger partial charge in [-0.1, -0.05) is 38.0 Å². The number of nitrogens with one attached hydrogen (secondary N) is 1. The lowest BCUT2D eigenvalue weighted by Gasteiger charge is -2.26. The van der Waals surface area contributed by atoms with E-state index in [4.69, 9.17) is 5.73 Å². The van der Waals surface area contributed by atoms with Crippen LogP contribution < -0.4 is 11.1 Å². The Hall–Kier alpha value is -1.51. The maximum Gasteiger partial charge on any atom is 0.193 e. The molecule has 2 rings (SSSR count). The van der Waals surface area contributed by atoms with Crippen LogP contribution in [0.5, 0.6) is 0 Å². The van der Waals surface area contributed by atoms with Crippen molar-refractivity contribution in [1.82, 2.24) is 0 Å². The van der Waals surface area contributed by atoms with Gasteiger partial charge in [-0.25, -0.2) is 4.99 Å². The SMILES string of the molecule is CCCC1CCC(N=C(N)Nc2ccccc2)CC1. The minimum atomic E-state index is 0.407. The summed E-state index contributed by atoms with van der Waals surface area (Å²) in [5.41, 5.74) is 6.97. The molecular weight excluding hydrogens is 234 g/mol. The zero-order valence-electron chi connectivity index (χ0n) is 11.8. The first-order valence-electron chi connectivity index (χ1n) is 7.43. The van der Waals surface area contributed by atoms with E-state index in [9.17, 15) is 0 Å². The van der Waals surface area contributed by atoms with Crippen molar-refractivity contribution in [1.29, 1.82) is 0 Å². The molecule has 0 aromatic heterocycles. The van der Waals surface area contributed by atoms with Gasteiger partial charge in [-0.3, -0.25) is 0 Å². The third-order valence-corrected chi connectivity index (χ3v) is 3.88. The largest absolute Gasteiger partial charge is 0.370 e. The maximum absolute atomic E-state index is 5.97. The standard InChI is InChI=1S/C16H25N3/c1-2-6-13-9-11-15(12-10-13)19-16(17)18-14-7-4-3-5-8-14/h3-5,7-8,13,15H,2,6,9-12H2,1H3,(H3,17,18,19). The van der Waals surface area contributed by atoms with E-state index in [2.05, 4.69) is 17.2 Å². The van der Waals surface area contributed by atoms with Gasteiger partial charge in [0.2, 0.25) is 0 Å². The van der Waals surface area contributed by atoms with Gasteiger partial charge in [0.1, 0.15) is 0 Å². The summed E-state index contributed by atoms with van der Waals surface area (Å²) in [6, 6.07) is 10.4. The van der Waals surface area contributed by atoms with Crippen molar-refractivity contribution in [3.8, 4) is 0 Å². The summed E-state index contributed by atoms with van der Waals surface area (Å²) in [5, 5.41) is 3.15. The van der Waals surface area contributed by atoms with Crippen LogP contribution in [0, 0.1) is 5.92 Å². The number of hydrogen-bond acceptors (Lipinski definition) is 1. The van der Waals surface area contributed by atoms with Crippen LogP contribution in [-0.4, -0.2) is 12.0 Å². The lowest BCUT2D eigenvalue weighted by atomic mass is 9.84. The molecule has 0 radical (unpaired) electrons. The molecule has 1 aliphatic rings. The Morgan fingerprint density at radius 3 is 2.53 bits per heavy atom. The highest BCUT2D eigenvalue weighted by molar-refractivity contribution is 5.92. The molecule has 0 amide bonds. The second kappa shape index (κ2) is 7.17. The van der Waals surface area contributed by atoms with Crippen molar-refractivity contribution in [3.63, 3.8) is 0 Å². The summed E-state index contributed by atoms with van der Waals surface area (Å²) in [6.45, 7) is 2.27. The van der Waals surface area contributed by atoms with Gasteiger partial charge in [-0.2, -0.15) is 0 Å². The third kappa shape index (κ3) is 4.58. The Balaban J connectivity index is 1.82. The van der Waals surface area contributed by atoms with E-state index in [0.29, 0.717) is 12.0 Å². The van der Waals surface area contributed by atoms with Crippen LogP contribution in [0.1, 0.15) is 45.4 Å². The number of anilines is 1. The molecule has 1 aliphatic carbocycles. The van der Waals surface area contributed by atoms with E-state index in [1.807, 2.05) is 30.3 Å². The maximum atomic E-state index is 5.97. The molecule has 3 N–H and O–H groups in total. The first-order chi connectivity index (χ1) is 9.28. The summed E-state index contributed by atoms with van der Waals surface area (Å²) in [6.07, 6.45) is 7.65. The minimum Gasteiger partial charge on any atom is -0.370 e. The molecule has 0 bridgehead atoms. The molecule has 3 heteroatoms. The minimum absolute atomic E-state index is 0.407. The molecule has 19 heavy (non-hydrogen) atoms. The third-order valence-electron chi connectivity index (χ3n) is 3.88. The highest BCUT2D eigenvalue weighted by Crippen LogP contribution is 2.29. The predicted molar refractivity (Wildman–Crippen MR) is 82.3 cm³/mol. The molecule has 1 fully saturated rings. The van der Waals surface area contributed by atoms with Crippen molar-refractivity contribution in [2.24, 2.45) is 16.6 Å². The molecular formula is C16H25N3. The Labute approximate surface area is 116 Å². The Kier molecular flexibility index (Phi) is 5.25. The zero-order valence-corrected chi connectivity index (χ0v) is 11.8. The first-order valence-corrected chi connectivity index (χ1v) is 7.43. The van der Waals surface area contributed by atoms with Gasteiger partial charge in [0.25, 0.3) is 0 Å². The van der Waals surface area contributed by atoms with Crippen LogP contribution in [0.25, 0.3) is 0 Å². The van der Waals surface area contributed by atoms with Gasteiger partial charge >= 0.3 is 0 Å². The van der Waals surface area contributed by atoms with E-state index in [1.165, 1.54) is 38.5 Å². The number of nitrogens with two attached hydrogens (primary N) is 1. The van der Waals surface area contributed by atoms with Gasteiger partial charge < -0.3 is 11.1 Å². The molecule has 1 aromatic carbocycles. The fourth-order valence-electron chi connectivity index (χ4n) is 2.87. The Bertz CT molecular complexity index is 392. The quantitative estimate of drug-likeness (QED) is 0.638. The Morgan fingerprint density at radius 1 is 1.21 bits per heavy atom. The van der Waals surface area contributed by atoms with E-state index < -0.39 is 0 Å². The van der Waals surface area contributed by atoms with E-state index in [-0.39, 0.29) is 0 Å². The number of para-hydroxylation sites is 1. The highest BCUT2D eigenvalue weighted by Gasteiger charge is 2.20. The topological polar surface area (TPSA) is 50.4 Å².